The second kappa shape index (κ2) is 13.0. The maximum atomic E-state index is 14.7. The molecule has 1 aliphatic rings. The van der Waals surface area contributed by atoms with Crippen LogP contribution in [-0.4, -0.2) is 68.7 Å². The predicted octanol–water partition coefficient (Wildman–Crippen LogP) is 3.35. The van der Waals surface area contributed by atoms with Crippen LogP contribution in [0.4, 0.5) is 10.1 Å². The SMILES string of the molecule is C[C@@H](C(=O)NC1CCCCC1)N(CCc1ccccc1)C(=O)CN(c1ccccc1F)S(=O)(=O)N(C)C. The molecule has 37 heavy (non-hydrogen) atoms. The lowest BCUT2D eigenvalue weighted by Gasteiger charge is -2.34. The number of halogens is 1. The lowest BCUT2D eigenvalue weighted by Crippen LogP contribution is -2.54. The van der Waals surface area contributed by atoms with Crippen molar-refractivity contribution in [1.82, 2.24) is 14.5 Å². The molecule has 0 unspecified atom stereocenters. The van der Waals surface area contributed by atoms with Gasteiger partial charge in [0.25, 0.3) is 0 Å². The molecule has 1 atom stereocenters. The minimum atomic E-state index is -4.20. The molecule has 0 aliphatic heterocycles. The first-order valence-electron chi connectivity index (χ1n) is 12.7. The quantitative estimate of drug-likeness (QED) is 0.481. The first kappa shape index (κ1) is 28.6. The molecule has 3 rings (SSSR count). The number of anilines is 1. The summed E-state index contributed by atoms with van der Waals surface area (Å²) in [5, 5.41) is 3.06. The van der Waals surface area contributed by atoms with E-state index in [0.29, 0.717) is 6.42 Å². The fraction of sp³-hybridized carbons (Fsp3) is 0.481. The largest absolute Gasteiger partial charge is 0.352 e. The molecule has 0 heterocycles. The van der Waals surface area contributed by atoms with Crippen molar-refractivity contribution in [2.75, 3.05) is 31.5 Å². The summed E-state index contributed by atoms with van der Waals surface area (Å²) >= 11 is 0. The number of nitrogens with zero attached hydrogens (tertiary/aromatic N) is 3. The Balaban J connectivity index is 1.87. The third-order valence-electron chi connectivity index (χ3n) is 6.74. The molecule has 1 aliphatic carbocycles. The van der Waals surface area contributed by atoms with Crippen LogP contribution in [0.2, 0.25) is 0 Å². The van der Waals surface area contributed by atoms with Gasteiger partial charge in [-0.25, -0.2) is 8.70 Å². The van der Waals surface area contributed by atoms with Crippen LogP contribution >= 0.6 is 0 Å². The molecule has 0 aromatic heterocycles. The fourth-order valence-corrected chi connectivity index (χ4v) is 5.56. The average Bonchev–Trinajstić information content (AvgIpc) is 2.88. The summed E-state index contributed by atoms with van der Waals surface area (Å²) in [5.41, 5.74) is 0.749. The lowest BCUT2D eigenvalue weighted by atomic mass is 9.95. The van der Waals surface area contributed by atoms with Crippen molar-refractivity contribution in [3.8, 4) is 0 Å². The van der Waals surface area contributed by atoms with Crippen LogP contribution in [0.5, 0.6) is 0 Å². The number of amides is 2. The highest BCUT2D eigenvalue weighted by Gasteiger charge is 2.34. The molecule has 2 amide bonds. The van der Waals surface area contributed by atoms with E-state index in [0.717, 1.165) is 52.3 Å². The van der Waals surface area contributed by atoms with Crippen LogP contribution in [0, 0.1) is 5.82 Å². The van der Waals surface area contributed by atoms with E-state index in [-0.39, 0.29) is 24.2 Å². The van der Waals surface area contributed by atoms with Gasteiger partial charge in [-0.3, -0.25) is 9.59 Å². The Morgan fingerprint density at radius 1 is 1.00 bits per heavy atom. The van der Waals surface area contributed by atoms with E-state index in [9.17, 15) is 22.4 Å². The highest BCUT2D eigenvalue weighted by Crippen LogP contribution is 2.24. The van der Waals surface area contributed by atoms with E-state index in [4.69, 9.17) is 0 Å². The third-order valence-corrected chi connectivity index (χ3v) is 8.55. The summed E-state index contributed by atoms with van der Waals surface area (Å²) < 4.78 is 42.6. The normalized spacial score (nSPS) is 15.3. The molecule has 2 aromatic rings. The van der Waals surface area contributed by atoms with Crippen LogP contribution in [0.1, 0.15) is 44.6 Å². The Morgan fingerprint density at radius 3 is 2.24 bits per heavy atom. The molecule has 0 spiro atoms. The Hall–Kier alpha value is -2.98. The second-order valence-corrected chi connectivity index (χ2v) is 11.7. The van der Waals surface area contributed by atoms with E-state index in [1.54, 1.807) is 6.92 Å². The summed E-state index contributed by atoms with van der Waals surface area (Å²) in [4.78, 5) is 28.2. The van der Waals surface area contributed by atoms with Gasteiger partial charge in [0.05, 0.1) is 5.69 Å². The highest BCUT2D eigenvalue weighted by atomic mass is 32.2. The zero-order chi connectivity index (χ0) is 27.0. The summed E-state index contributed by atoms with van der Waals surface area (Å²) in [7, 11) is -1.56. The Kier molecular flexibility index (Phi) is 10.0. The highest BCUT2D eigenvalue weighted by molar-refractivity contribution is 7.90. The van der Waals surface area contributed by atoms with Crippen LogP contribution < -0.4 is 9.62 Å². The Labute approximate surface area is 219 Å². The smallest absolute Gasteiger partial charge is 0.304 e. The van der Waals surface area contributed by atoms with Crippen molar-refractivity contribution in [3.63, 3.8) is 0 Å². The zero-order valence-electron chi connectivity index (χ0n) is 21.8. The number of hydrogen-bond acceptors (Lipinski definition) is 4. The van der Waals surface area contributed by atoms with E-state index >= 15 is 0 Å². The van der Waals surface area contributed by atoms with Gasteiger partial charge >= 0.3 is 10.2 Å². The molecule has 8 nitrogen and oxygen atoms in total. The predicted molar refractivity (Wildman–Crippen MR) is 143 cm³/mol. The van der Waals surface area contributed by atoms with Crippen LogP contribution in [-0.2, 0) is 26.2 Å². The number of hydrogen-bond donors (Lipinski definition) is 1. The van der Waals surface area contributed by atoms with Crippen LogP contribution in [0.15, 0.2) is 54.6 Å². The van der Waals surface area contributed by atoms with Crippen molar-refractivity contribution < 1.29 is 22.4 Å². The molecule has 1 saturated carbocycles. The molecule has 1 N–H and O–H groups in total. The minimum absolute atomic E-state index is 0.0683. The summed E-state index contributed by atoms with van der Waals surface area (Å²) in [6.07, 6.45) is 5.53. The molecule has 0 saturated heterocycles. The molecule has 2 aromatic carbocycles. The third kappa shape index (κ3) is 7.52. The van der Waals surface area contributed by atoms with Gasteiger partial charge in [0.1, 0.15) is 18.4 Å². The second-order valence-electron chi connectivity index (χ2n) is 9.59. The van der Waals surface area contributed by atoms with Gasteiger partial charge in [-0.1, -0.05) is 61.7 Å². The molecular formula is C27H37FN4O4S. The average molecular weight is 533 g/mol. The number of nitrogens with one attached hydrogen (secondary N) is 1. The Bertz CT molecular complexity index is 1150. The number of benzene rings is 2. The van der Waals surface area contributed by atoms with E-state index in [2.05, 4.69) is 5.32 Å². The molecule has 0 radical (unpaired) electrons. The van der Waals surface area contributed by atoms with Gasteiger partial charge in [-0.15, -0.1) is 0 Å². The van der Waals surface area contributed by atoms with Crippen molar-refractivity contribution in [2.24, 2.45) is 0 Å². The van der Waals surface area contributed by atoms with E-state index in [1.807, 2.05) is 30.3 Å². The minimum Gasteiger partial charge on any atom is -0.352 e. The number of para-hydroxylation sites is 1. The van der Waals surface area contributed by atoms with Gasteiger partial charge in [0, 0.05) is 26.7 Å². The van der Waals surface area contributed by atoms with Crippen molar-refractivity contribution in [1.29, 1.82) is 0 Å². The molecule has 1 fully saturated rings. The monoisotopic (exact) mass is 532 g/mol. The first-order valence-corrected chi connectivity index (χ1v) is 14.1. The number of carbonyl (C=O) groups excluding carboxylic acids is 2. The van der Waals surface area contributed by atoms with Gasteiger partial charge in [0.15, 0.2) is 0 Å². The maximum Gasteiger partial charge on any atom is 0.304 e. The van der Waals surface area contributed by atoms with Gasteiger partial charge in [0.2, 0.25) is 11.8 Å². The van der Waals surface area contributed by atoms with Crippen molar-refractivity contribution in [3.05, 3.63) is 66.0 Å². The Morgan fingerprint density at radius 2 is 1.62 bits per heavy atom. The molecule has 10 heteroatoms. The van der Waals surface area contributed by atoms with Gasteiger partial charge in [-0.05, 0) is 43.9 Å². The van der Waals surface area contributed by atoms with E-state index < -0.39 is 34.5 Å². The van der Waals surface area contributed by atoms with Crippen LogP contribution in [0.3, 0.4) is 0 Å². The summed E-state index contributed by atoms with van der Waals surface area (Å²) in [5.74, 6) is -1.63. The van der Waals surface area contributed by atoms with Gasteiger partial charge < -0.3 is 10.2 Å². The number of carbonyl (C=O) groups is 2. The van der Waals surface area contributed by atoms with Crippen molar-refractivity contribution in [2.45, 2.75) is 57.5 Å². The van der Waals surface area contributed by atoms with E-state index in [1.165, 1.54) is 37.2 Å². The lowest BCUT2D eigenvalue weighted by molar-refractivity contribution is -0.139. The maximum absolute atomic E-state index is 14.7. The fourth-order valence-electron chi connectivity index (χ4n) is 4.49. The topological polar surface area (TPSA) is 90.0 Å². The standard InChI is InChI=1S/C27H37FN4O4S/c1-21(27(34)29-23-14-8-5-9-15-23)31(19-18-22-12-6-4-7-13-22)26(33)20-32(37(35,36)30(2)3)25-17-11-10-16-24(25)28/h4,6-7,10-13,16-17,21,23H,5,8-9,14-15,18-20H2,1-3H3,(H,29,34)/t21-/m0/s1. The first-order chi connectivity index (χ1) is 17.6. The molecular weight excluding hydrogens is 495 g/mol. The van der Waals surface area contributed by atoms with Crippen molar-refractivity contribution >= 4 is 27.7 Å². The molecule has 0 bridgehead atoms. The van der Waals surface area contributed by atoms with Crippen LogP contribution in [0.25, 0.3) is 0 Å². The number of rotatable bonds is 11. The zero-order valence-corrected chi connectivity index (χ0v) is 22.6. The summed E-state index contributed by atoms with van der Waals surface area (Å²) in [6, 6.07) is 14.2. The molecule has 202 valence electrons. The summed E-state index contributed by atoms with van der Waals surface area (Å²) in [6.45, 7) is 1.21. The van der Waals surface area contributed by atoms with Gasteiger partial charge in [-0.2, -0.15) is 12.7 Å².